The number of rotatable bonds is 5. The van der Waals surface area contributed by atoms with Crippen molar-refractivity contribution in [2.45, 2.75) is 38.6 Å². The zero-order valence-corrected chi connectivity index (χ0v) is 15.5. The zero-order valence-electron chi connectivity index (χ0n) is 15.5. The molecule has 1 amide bonds. The van der Waals surface area contributed by atoms with Crippen LogP contribution in [0.4, 0.5) is 0 Å². The van der Waals surface area contributed by atoms with Crippen LogP contribution in [0.3, 0.4) is 0 Å². The van der Waals surface area contributed by atoms with Crippen molar-refractivity contribution in [1.29, 1.82) is 0 Å². The molecule has 1 atom stereocenters. The fraction of sp³-hybridized carbons (Fsp3) is 0.650. The molecule has 25 heavy (non-hydrogen) atoms. The average molecular weight is 346 g/mol. The van der Waals surface area contributed by atoms with Crippen LogP contribution in [0.5, 0.6) is 11.5 Å². The molecule has 2 fully saturated rings. The number of amides is 1. The summed E-state index contributed by atoms with van der Waals surface area (Å²) in [5.74, 6) is 2.23. The first-order valence-corrected chi connectivity index (χ1v) is 9.43. The topological polar surface area (TPSA) is 42.0 Å². The van der Waals surface area contributed by atoms with Crippen LogP contribution >= 0.6 is 0 Å². The highest BCUT2D eigenvalue weighted by Gasteiger charge is 2.30. The van der Waals surface area contributed by atoms with Crippen molar-refractivity contribution in [1.82, 2.24) is 9.80 Å². The van der Waals surface area contributed by atoms with E-state index in [9.17, 15) is 4.79 Å². The van der Waals surface area contributed by atoms with Crippen molar-refractivity contribution in [3.63, 3.8) is 0 Å². The quantitative estimate of drug-likeness (QED) is 0.822. The number of benzene rings is 1. The summed E-state index contributed by atoms with van der Waals surface area (Å²) in [5.41, 5.74) is 1.12. The summed E-state index contributed by atoms with van der Waals surface area (Å²) in [6.45, 7) is 4.56. The Morgan fingerprint density at radius 3 is 2.60 bits per heavy atom. The third kappa shape index (κ3) is 4.46. The van der Waals surface area contributed by atoms with E-state index in [2.05, 4.69) is 9.80 Å². The Kier molecular flexibility index (Phi) is 6.19. The van der Waals surface area contributed by atoms with Crippen molar-refractivity contribution in [2.24, 2.45) is 5.92 Å². The Balaban J connectivity index is 1.64. The Bertz CT molecular complexity index is 584. The number of likely N-dealkylation sites (tertiary alicyclic amines) is 2. The van der Waals surface area contributed by atoms with E-state index in [1.165, 1.54) is 6.42 Å². The number of nitrogens with zero attached hydrogens (tertiary/aromatic N) is 2. The fourth-order valence-corrected chi connectivity index (χ4v) is 4.02. The Morgan fingerprint density at radius 1 is 1.08 bits per heavy atom. The van der Waals surface area contributed by atoms with Crippen LogP contribution in [0.1, 0.15) is 37.7 Å². The van der Waals surface area contributed by atoms with Gasteiger partial charge >= 0.3 is 0 Å². The van der Waals surface area contributed by atoms with Gasteiger partial charge in [0.2, 0.25) is 5.91 Å². The molecule has 5 nitrogen and oxygen atoms in total. The fourth-order valence-electron chi connectivity index (χ4n) is 4.02. The van der Waals surface area contributed by atoms with Gasteiger partial charge in [-0.2, -0.15) is 0 Å². The first kappa shape index (κ1) is 18.1. The Morgan fingerprint density at radius 2 is 1.88 bits per heavy atom. The van der Waals surface area contributed by atoms with Crippen molar-refractivity contribution >= 4 is 5.91 Å². The molecule has 3 rings (SSSR count). The minimum absolute atomic E-state index is 0.142. The van der Waals surface area contributed by atoms with Crippen molar-refractivity contribution in [2.75, 3.05) is 40.4 Å². The van der Waals surface area contributed by atoms with Crippen molar-refractivity contribution in [3.05, 3.63) is 23.8 Å². The summed E-state index contributed by atoms with van der Waals surface area (Å²) in [6.07, 6.45) is 5.67. The lowest BCUT2D eigenvalue weighted by Gasteiger charge is -2.36. The number of hydrogen-bond acceptors (Lipinski definition) is 4. The molecule has 1 aromatic rings. The summed E-state index contributed by atoms with van der Waals surface area (Å²) in [4.78, 5) is 17.3. The summed E-state index contributed by atoms with van der Waals surface area (Å²) < 4.78 is 10.8. The Hall–Kier alpha value is -1.75. The van der Waals surface area contributed by atoms with Gasteiger partial charge in [0, 0.05) is 31.7 Å². The van der Waals surface area contributed by atoms with Crippen molar-refractivity contribution < 1.29 is 14.3 Å². The lowest BCUT2D eigenvalue weighted by atomic mass is 9.95. The normalized spacial score (nSPS) is 21.8. The molecule has 2 heterocycles. The second kappa shape index (κ2) is 8.56. The van der Waals surface area contributed by atoms with Crippen LogP contribution in [-0.4, -0.2) is 56.1 Å². The number of hydrogen-bond donors (Lipinski definition) is 0. The molecule has 0 N–H and O–H groups in total. The average Bonchev–Trinajstić information content (AvgIpc) is 2.68. The molecule has 5 heteroatoms. The smallest absolute Gasteiger partial charge is 0.226 e. The third-order valence-corrected chi connectivity index (χ3v) is 5.40. The van der Waals surface area contributed by atoms with E-state index in [-0.39, 0.29) is 5.92 Å². The van der Waals surface area contributed by atoms with E-state index in [0.29, 0.717) is 5.91 Å². The van der Waals surface area contributed by atoms with Gasteiger partial charge in [0.1, 0.15) is 11.5 Å². The molecular formula is C20H30N2O3. The summed E-state index contributed by atoms with van der Waals surface area (Å²) in [6, 6.07) is 5.91. The second-order valence-electron chi connectivity index (χ2n) is 7.14. The van der Waals surface area contributed by atoms with Gasteiger partial charge in [0.25, 0.3) is 0 Å². The molecule has 0 radical (unpaired) electrons. The summed E-state index contributed by atoms with van der Waals surface area (Å²) in [5, 5.41) is 0. The molecule has 0 saturated carbocycles. The first-order chi connectivity index (χ1) is 12.2. The van der Waals surface area contributed by atoms with E-state index in [4.69, 9.17) is 9.47 Å². The van der Waals surface area contributed by atoms with Gasteiger partial charge in [-0.1, -0.05) is 0 Å². The van der Waals surface area contributed by atoms with Crippen LogP contribution in [0, 0.1) is 5.92 Å². The van der Waals surface area contributed by atoms with Gasteiger partial charge in [0.15, 0.2) is 0 Å². The molecule has 138 valence electrons. The van der Waals surface area contributed by atoms with Crippen LogP contribution in [0.2, 0.25) is 0 Å². The predicted molar refractivity (Wildman–Crippen MR) is 98.0 cm³/mol. The van der Waals surface area contributed by atoms with E-state index in [1.54, 1.807) is 14.2 Å². The lowest BCUT2D eigenvalue weighted by Crippen LogP contribution is -2.46. The molecular weight excluding hydrogens is 316 g/mol. The van der Waals surface area contributed by atoms with Gasteiger partial charge in [-0.05, 0) is 56.8 Å². The molecule has 0 spiro atoms. The minimum Gasteiger partial charge on any atom is -0.497 e. The second-order valence-corrected chi connectivity index (χ2v) is 7.14. The number of ether oxygens (including phenoxy) is 2. The highest BCUT2D eigenvalue weighted by Crippen LogP contribution is 2.28. The maximum absolute atomic E-state index is 12.8. The molecule has 1 aromatic carbocycles. The number of methoxy groups -OCH3 is 2. The van der Waals surface area contributed by atoms with Gasteiger partial charge in [-0.25, -0.2) is 0 Å². The number of carbonyl (C=O) groups excluding carboxylic acids is 1. The van der Waals surface area contributed by atoms with E-state index in [1.807, 2.05) is 18.2 Å². The molecule has 0 bridgehead atoms. The van der Waals surface area contributed by atoms with Gasteiger partial charge < -0.3 is 14.4 Å². The SMILES string of the molecule is COc1ccc(OC)c(CN2CCC[C@@H](C(=O)N3CCCCC3)C2)c1. The largest absolute Gasteiger partial charge is 0.497 e. The lowest BCUT2D eigenvalue weighted by molar-refractivity contribution is -0.138. The number of piperidine rings is 2. The van der Waals surface area contributed by atoms with Crippen LogP contribution in [0.15, 0.2) is 18.2 Å². The van der Waals surface area contributed by atoms with E-state index < -0.39 is 0 Å². The van der Waals surface area contributed by atoms with Crippen LogP contribution in [0.25, 0.3) is 0 Å². The van der Waals surface area contributed by atoms with Crippen molar-refractivity contribution in [3.8, 4) is 11.5 Å². The van der Waals surface area contributed by atoms with Gasteiger partial charge in [-0.3, -0.25) is 9.69 Å². The third-order valence-electron chi connectivity index (χ3n) is 5.40. The maximum atomic E-state index is 12.8. The van der Waals surface area contributed by atoms with E-state index in [0.717, 1.165) is 75.5 Å². The monoisotopic (exact) mass is 346 g/mol. The number of carbonyl (C=O) groups is 1. The van der Waals surface area contributed by atoms with Crippen LogP contribution < -0.4 is 9.47 Å². The molecule has 0 aliphatic carbocycles. The molecule has 2 aliphatic rings. The highest BCUT2D eigenvalue weighted by molar-refractivity contribution is 5.79. The van der Waals surface area contributed by atoms with Gasteiger partial charge in [-0.15, -0.1) is 0 Å². The summed E-state index contributed by atoms with van der Waals surface area (Å²) >= 11 is 0. The summed E-state index contributed by atoms with van der Waals surface area (Å²) in [7, 11) is 3.38. The zero-order chi connectivity index (χ0) is 17.6. The molecule has 2 aliphatic heterocycles. The Labute approximate surface area is 150 Å². The van der Waals surface area contributed by atoms with E-state index >= 15 is 0 Å². The minimum atomic E-state index is 0.142. The predicted octanol–water partition coefficient (Wildman–Crippen LogP) is 2.93. The maximum Gasteiger partial charge on any atom is 0.226 e. The standard InChI is InChI=1S/C20H30N2O3/c1-24-18-8-9-19(25-2)17(13-18)15-21-10-6-7-16(14-21)20(23)22-11-4-3-5-12-22/h8-9,13,16H,3-7,10-12,14-15H2,1-2H3/t16-/m1/s1. The van der Waals surface area contributed by atoms with Gasteiger partial charge in [0.05, 0.1) is 20.1 Å². The molecule has 2 saturated heterocycles. The van der Waals surface area contributed by atoms with Crippen LogP contribution in [-0.2, 0) is 11.3 Å². The molecule has 0 aromatic heterocycles. The first-order valence-electron chi connectivity index (χ1n) is 9.43. The molecule has 0 unspecified atom stereocenters. The highest BCUT2D eigenvalue weighted by atomic mass is 16.5.